The van der Waals surface area contributed by atoms with E-state index in [2.05, 4.69) is 0 Å². The van der Waals surface area contributed by atoms with Crippen LogP contribution in [0, 0.1) is 17.2 Å². The minimum atomic E-state index is -3.06. The monoisotopic (exact) mass is 295 g/mol. The molecule has 0 radical (unpaired) electrons. The van der Waals surface area contributed by atoms with Crippen LogP contribution in [0.1, 0.15) is 32.8 Å². The van der Waals surface area contributed by atoms with E-state index in [0.29, 0.717) is 24.3 Å². The Morgan fingerprint density at radius 3 is 2.60 bits per heavy atom. The summed E-state index contributed by atoms with van der Waals surface area (Å²) in [5.74, 6) is 0.844. The highest BCUT2D eigenvalue weighted by atomic mass is 32.2. The van der Waals surface area contributed by atoms with Crippen molar-refractivity contribution in [1.82, 2.24) is 0 Å². The molecule has 1 unspecified atom stereocenters. The first-order valence-electron chi connectivity index (χ1n) is 6.71. The lowest BCUT2D eigenvalue weighted by Gasteiger charge is -2.16. The molecule has 0 spiro atoms. The summed E-state index contributed by atoms with van der Waals surface area (Å²) >= 11 is 0. The lowest BCUT2D eigenvalue weighted by Crippen LogP contribution is -2.26. The van der Waals surface area contributed by atoms with Crippen LogP contribution >= 0.6 is 0 Å². The fourth-order valence-corrected chi connectivity index (χ4v) is 3.43. The first kappa shape index (κ1) is 16.5. The molecular formula is C15H21NO3S. The maximum absolute atomic E-state index is 12.0. The van der Waals surface area contributed by atoms with E-state index in [1.54, 1.807) is 31.2 Å². The molecule has 0 aromatic heterocycles. The summed E-state index contributed by atoms with van der Waals surface area (Å²) in [4.78, 5) is 0. The van der Waals surface area contributed by atoms with Gasteiger partial charge in [0.1, 0.15) is 5.75 Å². The third-order valence-corrected chi connectivity index (χ3v) is 5.85. The molecule has 4 nitrogen and oxygen atoms in total. The summed E-state index contributed by atoms with van der Waals surface area (Å²) in [6.45, 7) is 5.90. The number of hydrogen-bond donors (Lipinski definition) is 0. The number of nitriles is 1. The van der Waals surface area contributed by atoms with Gasteiger partial charge in [-0.15, -0.1) is 0 Å². The first-order valence-corrected chi connectivity index (χ1v) is 8.43. The predicted octanol–water partition coefficient (Wildman–Crippen LogP) is 2.79. The average Bonchev–Trinajstić information content (AvgIpc) is 2.43. The Morgan fingerprint density at radius 2 is 2.00 bits per heavy atom. The first-order chi connectivity index (χ1) is 9.36. The zero-order chi connectivity index (χ0) is 15.2. The van der Waals surface area contributed by atoms with Crippen LogP contribution < -0.4 is 4.74 Å². The minimum Gasteiger partial charge on any atom is -0.494 e. The average molecular weight is 295 g/mol. The molecule has 110 valence electrons. The number of nitrogens with zero attached hydrogens (tertiary/aromatic N) is 1. The van der Waals surface area contributed by atoms with E-state index in [1.807, 2.05) is 19.9 Å². The largest absolute Gasteiger partial charge is 0.494 e. The third-order valence-electron chi connectivity index (χ3n) is 3.31. The van der Waals surface area contributed by atoms with Crippen LogP contribution in [0.3, 0.4) is 0 Å². The quantitative estimate of drug-likeness (QED) is 0.725. The van der Waals surface area contributed by atoms with E-state index < -0.39 is 9.84 Å². The molecule has 5 heteroatoms. The van der Waals surface area contributed by atoms with Crippen LogP contribution in [0.15, 0.2) is 24.3 Å². The summed E-state index contributed by atoms with van der Waals surface area (Å²) in [5, 5.41) is 8.44. The number of benzene rings is 1. The van der Waals surface area contributed by atoms with Crippen molar-refractivity contribution in [3.63, 3.8) is 0 Å². The summed E-state index contributed by atoms with van der Waals surface area (Å²) < 4.78 is 29.4. The third kappa shape index (κ3) is 4.86. The lowest BCUT2D eigenvalue weighted by molar-refractivity contribution is 0.317. The molecule has 0 aliphatic rings. The number of ether oxygens (including phenoxy) is 1. The van der Waals surface area contributed by atoms with Crippen molar-refractivity contribution in [2.24, 2.45) is 5.92 Å². The van der Waals surface area contributed by atoms with E-state index in [0.717, 1.165) is 0 Å². The van der Waals surface area contributed by atoms with Gasteiger partial charge in [-0.05, 0) is 37.5 Å². The standard InChI is InChI=1S/C15H21NO3S/c1-12(2)13(3)20(17,18)9-5-8-19-15-7-4-6-14(10-15)11-16/h4,6-7,10,12-13H,5,8-9H2,1-3H3. The SMILES string of the molecule is CC(C)C(C)S(=O)(=O)CCCOc1cccc(C#N)c1. The van der Waals surface area contributed by atoms with Gasteiger partial charge in [0.15, 0.2) is 9.84 Å². The molecule has 0 saturated heterocycles. The van der Waals surface area contributed by atoms with E-state index in [1.165, 1.54) is 0 Å². The molecule has 1 atom stereocenters. The highest BCUT2D eigenvalue weighted by molar-refractivity contribution is 7.92. The highest BCUT2D eigenvalue weighted by Gasteiger charge is 2.23. The Bertz CT molecular complexity index is 573. The molecule has 0 aliphatic carbocycles. The van der Waals surface area contributed by atoms with Gasteiger partial charge in [-0.3, -0.25) is 0 Å². The van der Waals surface area contributed by atoms with Crippen LogP contribution in [0.5, 0.6) is 5.75 Å². The molecule has 0 fully saturated rings. The zero-order valence-corrected chi connectivity index (χ0v) is 13.0. The van der Waals surface area contributed by atoms with Crippen LogP contribution in [-0.4, -0.2) is 26.0 Å². The highest BCUT2D eigenvalue weighted by Crippen LogP contribution is 2.15. The van der Waals surface area contributed by atoms with Gasteiger partial charge >= 0.3 is 0 Å². The van der Waals surface area contributed by atoms with Crippen molar-refractivity contribution in [3.05, 3.63) is 29.8 Å². The van der Waals surface area contributed by atoms with Crippen molar-refractivity contribution >= 4 is 9.84 Å². The number of hydrogen-bond acceptors (Lipinski definition) is 4. The fraction of sp³-hybridized carbons (Fsp3) is 0.533. The van der Waals surface area contributed by atoms with Crippen molar-refractivity contribution in [2.45, 2.75) is 32.4 Å². The second kappa shape index (κ2) is 7.30. The molecule has 0 bridgehead atoms. The molecule has 0 N–H and O–H groups in total. The van der Waals surface area contributed by atoms with Crippen LogP contribution in [0.2, 0.25) is 0 Å². The fourth-order valence-electron chi connectivity index (χ4n) is 1.71. The summed E-state index contributed by atoms with van der Waals surface area (Å²) in [7, 11) is -3.06. The van der Waals surface area contributed by atoms with Gasteiger partial charge < -0.3 is 4.74 Å². The van der Waals surface area contributed by atoms with Gasteiger partial charge in [0.05, 0.1) is 29.2 Å². The van der Waals surface area contributed by atoms with E-state index in [-0.39, 0.29) is 16.9 Å². The smallest absolute Gasteiger partial charge is 0.153 e. The summed E-state index contributed by atoms with van der Waals surface area (Å²) in [6, 6.07) is 8.87. The van der Waals surface area contributed by atoms with Crippen LogP contribution in [0.4, 0.5) is 0 Å². The Morgan fingerprint density at radius 1 is 1.30 bits per heavy atom. The van der Waals surface area contributed by atoms with Gasteiger partial charge in [0.25, 0.3) is 0 Å². The molecule has 0 aliphatic heterocycles. The lowest BCUT2D eigenvalue weighted by atomic mass is 10.2. The predicted molar refractivity (Wildman–Crippen MR) is 79.4 cm³/mol. The Balaban J connectivity index is 2.44. The molecule has 0 heterocycles. The molecule has 1 aromatic carbocycles. The van der Waals surface area contributed by atoms with Crippen molar-refractivity contribution < 1.29 is 13.2 Å². The van der Waals surface area contributed by atoms with Gasteiger partial charge in [-0.1, -0.05) is 19.9 Å². The van der Waals surface area contributed by atoms with E-state index in [9.17, 15) is 8.42 Å². The summed E-state index contributed by atoms with van der Waals surface area (Å²) in [5.41, 5.74) is 0.531. The molecule has 1 aromatic rings. The van der Waals surface area contributed by atoms with E-state index in [4.69, 9.17) is 10.00 Å². The van der Waals surface area contributed by atoms with Crippen LogP contribution in [-0.2, 0) is 9.84 Å². The second-order valence-corrected chi connectivity index (χ2v) is 7.64. The van der Waals surface area contributed by atoms with Crippen LogP contribution in [0.25, 0.3) is 0 Å². The topological polar surface area (TPSA) is 67.2 Å². The molecule has 1 rings (SSSR count). The van der Waals surface area contributed by atoms with Crippen molar-refractivity contribution in [1.29, 1.82) is 5.26 Å². The van der Waals surface area contributed by atoms with Crippen molar-refractivity contribution in [2.75, 3.05) is 12.4 Å². The van der Waals surface area contributed by atoms with Gasteiger partial charge in [-0.25, -0.2) is 8.42 Å². The number of sulfone groups is 1. The Kier molecular flexibility index (Phi) is 6.03. The molecule has 0 amide bonds. The van der Waals surface area contributed by atoms with Crippen molar-refractivity contribution in [3.8, 4) is 11.8 Å². The zero-order valence-electron chi connectivity index (χ0n) is 12.2. The number of rotatable bonds is 7. The molecule has 20 heavy (non-hydrogen) atoms. The molecular weight excluding hydrogens is 274 g/mol. The Labute approximate surface area is 121 Å². The van der Waals surface area contributed by atoms with Gasteiger partial charge in [0, 0.05) is 0 Å². The maximum Gasteiger partial charge on any atom is 0.153 e. The minimum absolute atomic E-state index is 0.119. The van der Waals surface area contributed by atoms with Gasteiger partial charge in [-0.2, -0.15) is 5.26 Å². The normalized spacial score (nSPS) is 12.9. The summed E-state index contributed by atoms with van der Waals surface area (Å²) in [6.07, 6.45) is 0.455. The van der Waals surface area contributed by atoms with E-state index >= 15 is 0 Å². The van der Waals surface area contributed by atoms with Gasteiger partial charge in [0.2, 0.25) is 0 Å². The molecule has 0 saturated carbocycles. The maximum atomic E-state index is 12.0. The Hall–Kier alpha value is -1.54. The second-order valence-electron chi connectivity index (χ2n) is 5.16.